The monoisotopic (exact) mass is 191 g/mol. The number of fused-ring (bicyclic) bond motifs is 1. The van der Waals surface area contributed by atoms with E-state index in [1.807, 2.05) is 0 Å². The summed E-state index contributed by atoms with van der Waals surface area (Å²) in [7, 11) is 3.19. The van der Waals surface area contributed by atoms with Crippen LogP contribution in [0.5, 0.6) is 0 Å². The summed E-state index contributed by atoms with van der Waals surface area (Å²) in [6, 6.07) is 3.25. The van der Waals surface area contributed by atoms with E-state index in [1.165, 1.54) is 9.91 Å². The van der Waals surface area contributed by atoms with Crippen molar-refractivity contribution in [3.8, 4) is 0 Å². The first-order chi connectivity index (χ1) is 6.70. The molecule has 6 heteroatoms. The third kappa shape index (κ3) is 1.20. The average molecular weight is 191 g/mol. The zero-order valence-electron chi connectivity index (χ0n) is 7.88. The SMILES string of the molecule is CN1N=Nc2cccnc2N(C)C1=O. The maximum atomic E-state index is 11.6. The van der Waals surface area contributed by atoms with Crippen molar-refractivity contribution >= 4 is 17.5 Å². The zero-order chi connectivity index (χ0) is 10.1. The second-order valence-corrected chi connectivity index (χ2v) is 2.90. The van der Waals surface area contributed by atoms with Crippen LogP contribution in [0.3, 0.4) is 0 Å². The van der Waals surface area contributed by atoms with Crippen molar-refractivity contribution in [2.24, 2.45) is 10.3 Å². The Morgan fingerprint density at radius 1 is 1.36 bits per heavy atom. The van der Waals surface area contributed by atoms with Crippen LogP contribution >= 0.6 is 0 Å². The first-order valence-electron chi connectivity index (χ1n) is 4.08. The highest BCUT2D eigenvalue weighted by molar-refractivity contribution is 5.93. The molecule has 2 rings (SSSR count). The molecule has 0 bridgehead atoms. The number of hydrogen-bond acceptors (Lipinski definition) is 4. The maximum Gasteiger partial charge on any atom is 0.346 e. The van der Waals surface area contributed by atoms with E-state index in [0.717, 1.165) is 0 Å². The number of aromatic nitrogens is 1. The first kappa shape index (κ1) is 8.61. The largest absolute Gasteiger partial charge is 0.346 e. The second kappa shape index (κ2) is 3.06. The van der Waals surface area contributed by atoms with Gasteiger partial charge in [-0.05, 0) is 12.1 Å². The average Bonchev–Trinajstić information content (AvgIpc) is 2.32. The molecule has 0 unspecified atom stereocenters. The molecule has 6 nitrogen and oxygen atoms in total. The van der Waals surface area contributed by atoms with E-state index in [-0.39, 0.29) is 6.03 Å². The Hall–Kier alpha value is -1.98. The van der Waals surface area contributed by atoms with Crippen LogP contribution in [0.25, 0.3) is 0 Å². The van der Waals surface area contributed by atoms with Gasteiger partial charge in [-0.15, -0.1) is 5.11 Å². The van der Waals surface area contributed by atoms with Gasteiger partial charge in [0.1, 0.15) is 5.69 Å². The number of nitrogens with zero attached hydrogens (tertiary/aromatic N) is 5. The molecule has 0 saturated carbocycles. The third-order valence-corrected chi connectivity index (χ3v) is 1.93. The normalized spacial score (nSPS) is 15.4. The molecule has 0 radical (unpaired) electrons. The van der Waals surface area contributed by atoms with Gasteiger partial charge in [-0.1, -0.05) is 5.22 Å². The van der Waals surface area contributed by atoms with Crippen LogP contribution in [0.2, 0.25) is 0 Å². The minimum absolute atomic E-state index is 0.258. The van der Waals surface area contributed by atoms with Gasteiger partial charge in [0.05, 0.1) is 0 Å². The summed E-state index contributed by atoms with van der Waals surface area (Å²) < 4.78 is 0. The molecule has 2 heterocycles. The highest BCUT2D eigenvalue weighted by atomic mass is 16.2. The van der Waals surface area contributed by atoms with E-state index in [9.17, 15) is 4.79 Å². The fraction of sp³-hybridized carbons (Fsp3) is 0.250. The van der Waals surface area contributed by atoms with Crippen LogP contribution in [-0.2, 0) is 0 Å². The molecule has 0 atom stereocenters. The first-order valence-corrected chi connectivity index (χ1v) is 4.08. The Kier molecular flexibility index (Phi) is 1.88. The Bertz CT molecular complexity index is 402. The number of urea groups is 1. The van der Waals surface area contributed by atoms with Gasteiger partial charge in [-0.25, -0.2) is 9.78 Å². The van der Waals surface area contributed by atoms with E-state index in [1.54, 1.807) is 32.4 Å². The highest BCUT2D eigenvalue weighted by Gasteiger charge is 2.22. The molecule has 1 aliphatic heterocycles. The molecular weight excluding hydrogens is 182 g/mol. The topological polar surface area (TPSA) is 61.2 Å². The number of carbonyl (C=O) groups excluding carboxylic acids is 1. The zero-order valence-corrected chi connectivity index (χ0v) is 7.88. The summed E-state index contributed by atoms with van der Waals surface area (Å²) in [6.45, 7) is 0. The summed E-state index contributed by atoms with van der Waals surface area (Å²) in [5, 5.41) is 8.79. The summed E-state index contributed by atoms with van der Waals surface area (Å²) in [6.07, 6.45) is 1.61. The fourth-order valence-corrected chi connectivity index (χ4v) is 1.19. The number of anilines is 1. The van der Waals surface area contributed by atoms with Crippen molar-refractivity contribution in [1.29, 1.82) is 0 Å². The standard InChI is InChI=1S/C8H9N5O/c1-12-7-6(4-3-5-9-7)10-11-13(2)8(12)14/h3-5H,1-2H3. The fourth-order valence-electron chi connectivity index (χ4n) is 1.19. The predicted octanol–water partition coefficient (Wildman–Crippen LogP) is 1.58. The van der Waals surface area contributed by atoms with Gasteiger partial charge >= 0.3 is 6.03 Å². The lowest BCUT2D eigenvalue weighted by Crippen LogP contribution is -2.35. The van der Waals surface area contributed by atoms with E-state index in [2.05, 4.69) is 15.3 Å². The summed E-state index contributed by atoms with van der Waals surface area (Å²) in [5.74, 6) is 0.519. The molecule has 2 amide bonds. The molecular formula is C8H9N5O. The van der Waals surface area contributed by atoms with Crippen LogP contribution in [0, 0.1) is 0 Å². The smallest absolute Gasteiger partial charge is 0.278 e. The molecule has 1 aliphatic rings. The lowest BCUT2D eigenvalue weighted by Gasteiger charge is -2.17. The summed E-state index contributed by atoms with van der Waals surface area (Å²) in [5.41, 5.74) is 0.590. The minimum atomic E-state index is -0.258. The predicted molar refractivity (Wildman–Crippen MR) is 50.3 cm³/mol. The molecule has 0 spiro atoms. The van der Waals surface area contributed by atoms with Gasteiger partial charge in [0.25, 0.3) is 0 Å². The minimum Gasteiger partial charge on any atom is -0.278 e. The number of rotatable bonds is 0. The Balaban J connectivity index is 2.54. The van der Waals surface area contributed by atoms with Crippen LogP contribution in [-0.4, -0.2) is 30.1 Å². The number of hydrogen-bond donors (Lipinski definition) is 0. The van der Waals surface area contributed by atoms with Crippen molar-refractivity contribution in [3.63, 3.8) is 0 Å². The van der Waals surface area contributed by atoms with Gasteiger partial charge < -0.3 is 0 Å². The van der Waals surface area contributed by atoms with Crippen molar-refractivity contribution in [2.75, 3.05) is 19.0 Å². The Labute approximate surface area is 80.8 Å². The van der Waals surface area contributed by atoms with Crippen LogP contribution in [0.15, 0.2) is 28.7 Å². The van der Waals surface area contributed by atoms with E-state index in [0.29, 0.717) is 11.5 Å². The molecule has 72 valence electrons. The molecule has 1 aromatic heterocycles. The van der Waals surface area contributed by atoms with Crippen LogP contribution < -0.4 is 4.90 Å². The van der Waals surface area contributed by atoms with Crippen molar-refractivity contribution in [2.45, 2.75) is 0 Å². The second-order valence-electron chi connectivity index (χ2n) is 2.90. The lowest BCUT2D eigenvalue weighted by molar-refractivity contribution is 0.216. The maximum absolute atomic E-state index is 11.6. The molecule has 1 aromatic rings. The molecule has 0 aromatic carbocycles. The Morgan fingerprint density at radius 2 is 2.14 bits per heavy atom. The molecule has 0 saturated heterocycles. The van der Waals surface area contributed by atoms with Gasteiger partial charge in [0.15, 0.2) is 5.82 Å². The van der Waals surface area contributed by atoms with Crippen LogP contribution in [0.4, 0.5) is 16.3 Å². The Morgan fingerprint density at radius 3 is 2.93 bits per heavy atom. The van der Waals surface area contributed by atoms with E-state index >= 15 is 0 Å². The van der Waals surface area contributed by atoms with Gasteiger partial charge in [-0.3, -0.25) is 4.90 Å². The van der Waals surface area contributed by atoms with Crippen molar-refractivity contribution in [3.05, 3.63) is 18.3 Å². The van der Waals surface area contributed by atoms with Crippen LogP contribution in [0.1, 0.15) is 0 Å². The van der Waals surface area contributed by atoms with E-state index < -0.39 is 0 Å². The summed E-state index contributed by atoms with van der Waals surface area (Å²) in [4.78, 5) is 17.0. The van der Waals surface area contributed by atoms with Crippen molar-refractivity contribution < 1.29 is 4.79 Å². The van der Waals surface area contributed by atoms with Gasteiger partial charge in [0.2, 0.25) is 0 Å². The lowest BCUT2D eigenvalue weighted by atomic mass is 10.4. The van der Waals surface area contributed by atoms with Crippen molar-refractivity contribution in [1.82, 2.24) is 9.99 Å². The number of amides is 2. The van der Waals surface area contributed by atoms with Gasteiger partial charge in [0, 0.05) is 20.3 Å². The quantitative estimate of drug-likeness (QED) is 0.625. The summed E-state index contributed by atoms with van der Waals surface area (Å²) >= 11 is 0. The van der Waals surface area contributed by atoms with Gasteiger partial charge in [-0.2, -0.15) is 5.01 Å². The molecule has 0 N–H and O–H groups in total. The third-order valence-electron chi connectivity index (χ3n) is 1.93. The number of pyridine rings is 1. The molecule has 14 heavy (non-hydrogen) atoms. The highest BCUT2D eigenvalue weighted by Crippen LogP contribution is 2.28. The van der Waals surface area contributed by atoms with E-state index in [4.69, 9.17) is 0 Å². The number of carbonyl (C=O) groups is 1. The molecule has 0 aliphatic carbocycles. The molecule has 0 fully saturated rings.